The second kappa shape index (κ2) is 5.66. The summed E-state index contributed by atoms with van der Waals surface area (Å²) < 4.78 is 6.83. The smallest absolute Gasteiger partial charge is 0.196 e. The van der Waals surface area contributed by atoms with Crippen molar-refractivity contribution in [1.29, 1.82) is 0 Å². The highest BCUT2D eigenvalue weighted by Crippen LogP contribution is 2.44. The molecule has 0 N–H and O–H groups in total. The SMILES string of the molecule is CCOC1(C(=O)c2cscc2Br)CCC(C)(C)CC1. The van der Waals surface area contributed by atoms with Crippen molar-refractivity contribution in [3.63, 3.8) is 0 Å². The Labute approximate surface area is 127 Å². The lowest BCUT2D eigenvalue weighted by atomic mass is 9.69. The van der Waals surface area contributed by atoms with Gasteiger partial charge in [-0.2, -0.15) is 11.3 Å². The number of carbonyl (C=O) groups is 1. The summed E-state index contributed by atoms with van der Waals surface area (Å²) in [7, 11) is 0. The number of hydrogen-bond acceptors (Lipinski definition) is 3. The lowest BCUT2D eigenvalue weighted by molar-refractivity contribution is -0.0580. The molecule has 106 valence electrons. The highest BCUT2D eigenvalue weighted by molar-refractivity contribution is 9.10. The van der Waals surface area contributed by atoms with Crippen molar-refractivity contribution in [2.75, 3.05) is 6.61 Å². The van der Waals surface area contributed by atoms with E-state index in [1.54, 1.807) is 11.3 Å². The summed E-state index contributed by atoms with van der Waals surface area (Å²) in [5.74, 6) is 0.151. The molecule has 0 bridgehead atoms. The molecule has 4 heteroatoms. The van der Waals surface area contributed by atoms with Crippen LogP contribution in [0.5, 0.6) is 0 Å². The molecular formula is C15H21BrO2S. The molecule has 1 aromatic heterocycles. The van der Waals surface area contributed by atoms with Crippen molar-refractivity contribution in [2.45, 2.75) is 52.1 Å². The zero-order valence-corrected chi connectivity index (χ0v) is 14.2. The minimum absolute atomic E-state index is 0.151. The van der Waals surface area contributed by atoms with Gasteiger partial charge in [0, 0.05) is 27.4 Å². The van der Waals surface area contributed by atoms with E-state index in [1.165, 1.54) is 0 Å². The molecule has 19 heavy (non-hydrogen) atoms. The molecule has 0 aliphatic heterocycles. The third kappa shape index (κ3) is 3.11. The Morgan fingerprint density at radius 1 is 1.32 bits per heavy atom. The van der Waals surface area contributed by atoms with Crippen LogP contribution in [0.15, 0.2) is 15.2 Å². The van der Waals surface area contributed by atoms with Gasteiger partial charge in [-0.05, 0) is 54.0 Å². The number of ether oxygens (including phenoxy) is 1. The molecule has 0 unspecified atom stereocenters. The van der Waals surface area contributed by atoms with Gasteiger partial charge in [0.2, 0.25) is 0 Å². The summed E-state index contributed by atoms with van der Waals surface area (Å²) in [5.41, 5.74) is 0.499. The van der Waals surface area contributed by atoms with Crippen LogP contribution in [-0.2, 0) is 4.74 Å². The van der Waals surface area contributed by atoms with Gasteiger partial charge in [0.25, 0.3) is 0 Å². The van der Waals surface area contributed by atoms with Gasteiger partial charge in [-0.25, -0.2) is 0 Å². The number of ketones is 1. The summed E-state index contributed by atoms with van der Waals surface area (Å²) in [6, 6.07) is 0. The Morgan fingerprint density at radius 2 is 1.95 bits per heavy atom. The third-order valence-corrected chi connectivity index (χ3v) is 5.81. The van der Waals surface area contributed by atoms with E-state index in [-0.39, 0.29) is 5.78 Å². The Hall–Kier alpha value is -0.190. The predicted molar refractivity (Wildman–Crippen MR) is 83.0 cm³/mol. The van der Waals surface area contributed by atoms with Crippen LogP contribution >= 0.6 is 27.3 Å². The van der Waals surface area contributed by atoms with E-state index in [9.17, 15) is 4.79 Å². The summed E-state index contributed by atoms with van der Waals surface area (Å²) in [4.78, 5) is 12.9. The molecule has 1 aromatic rings. The summed E-state index contributed by atoms with van der Waals surface area (Å²) in [6.45, 7) is 7.10. The third-order valence-electron chi connectivity index (χ3n) is 4.11. The van der Waals surface area contributed by atoms with E-state index in [0.717, 1.165) is 35.7 Å². The number of halogens is 1. The highest BCUT2D eigenvalue weighted by Gasteiger charge is 2.45. The molecular weight excluding hydrogens is 324 g/mol. The van der Waals surface area contributed by atoms with Crippen molar-refractivity contribution < 1.29 is 9.53 Å². The molecule has 0 atom stereocenters. The molecule has 1 aliphatic rings. The van der Waals surface area contributed by atoms with Crippen LogP contribution in [0.2, 0.25) is 0 Å². The lowest BCUT2D eigenvalue weighted by Crippen LogP contribution is -2.46. The van der Waals surface area contributed by atoms with Crippen LogP contribution in [-0.4, -0.2) is 18.0 Å². The van der Waals surface area contributed by atoms with Gasteiger partial charge in [-0.15, -0.1) is 0 Å². The molecule has 0 amide bonds. The Kier molecular flexibility index (Phi) is 4.53. The Bertz CT molecular complexity index is 454. The fraction of sp³-hybridized carbons (Fsp3) is 0.667. The van der Waals surface area contributed by atoms with Crippen LogP contribution in [0.3, 0.4) is 0 Å². The first-order valence-corrected chi connectivity index (χ1v) is 8.54. The molecule has 0 spiro atoms. The van der Waals surface area contributed by atoms with Gasteiger partial charge in [0.15, 0.2) is 5.78 Å². The maximum absolute atomic E-state index is 12.9. The standard InChI is InChI=1S/C15H21BrO2S/c1-4-18-15(7-5-14(2,3)6-8-15)13(17)11-9-19-10-12(11)16/h9-10H,4-8H2,1-3H3. The second-order valence-electron chi connectivity index (χ2n) is 6.05. The van der Waals surface area contributed by atoms with Gasteiger partial charge in [-0.1, -0.05) is 13.8 Å². The molecule has 2 nitrogen and oxygen atoms in total. The Balaban J connectivity index is 2.26. The zero-order valence-electron chi connectivity index (χ0n) is 11.8. The van der Waals surface area contributed by atoms with Crippen molar-refractivity contribution in [3.8, 4) is 0 Å². The van der Waals surface area contributed by atoms with Crippen LogP contribution in [0.4, 0.5) is 0 Å². The molecule has 1 saturated carbocycles. The fourth-order valence-corrected chi connectivity index (χ4v) is 4.19. The maximum atomic E-state index is 12.9. The van der Waals surface area contributed by atoms with Crippen molar-refractivity contribution in [2.24, 2.45) is 5.41 Å². The first-order chi connectivity index (χ1) is 8.90. The number of carbonyl (C=O) groups excluding carboxylic acids is 1. The van der Waals surface area contributed by atoms with Gasteiger partial charge >= 0.3 is 0 Å². The maximum Gasteiger partial charge on any atom is 0.196 e. The minimum Gasteiger partial charge on any atom is -0.367 e. The molecule has 0 aromatic carbocycles. The fourth-order valence-electron chi connectivity index (χ4n) is 2.73. The summed E-state index contributed by atoms with van der Waals surface area (Å²) in [6.07, 6.45) is 3.74. The van der Waals surface area contributed by atoms with Gasteiger partial charge in [0.05, 0.1) is 0 Å². The topological polar surface area (TPSA) is 26.3 Å². The van der Waals surface area contributed by atoms with E-state index in [4.69, 9.17) is 4.74 Å². The normalized spacial score (nSPS) is 21.3. The number of Topliss-reactive ketones (excluding diaryl/α,β-unsaturated/α-hetero) is 1. The van der Waals surface area contributed by atoms with Gasteiger partial charge in [-0.3, -0.25) is 4.79 Å². The first-order valence-electron chi connectivity index (χ1n) is 6.81. The minimum atomic E-state index is -0.603. The largest absolute Gasteiger partial charge is 0.367 e. The van der Waals surface area contributed by atoms with E-state index in [0.29, 0.717) is 12.0 Å². The van der Waals surface area contributed by atoms with E-state index < -0.39 is 5.60 Å². The predicted octanol–water partition coefficient (Wildman–Crippen LogP) is 5.07. The van der Waals surface area contributed by atoms with Crippen molar-refractivity contribution in [1.82, 2.24) is 0 Å². The Morgan fingerprint density at radius 3 is 2.42 bits per heavy atom. The van der Waals surface area contributed by atoms with Gasteiger partial charge in [0.1, 0.15) is 5.60 Å². The molecule has 1 aliphatic carbocycles. The first kappa shape index (κ1) is 15.2. The average molecular weight is 345 g/mol. The van der Waals surface area contributed by atoms with E-state index >= 15 is 0 Å². The summed E-state index contributed by atoms with van der Waals surface area (Å²) in [5, 5.41) is 3.88. The summed E-state index contributed by atoms with van der Waals surface area (Å²) >= 11 is 5.02. The van der Waals surface area contributed by atoms with Crippen LogP contribution < -0.4 is 0 Å². The number of thiophene rings is 1. The molecule has 2 rings (SSSR count). The highest BCUT2D eigenvalue weighted by atomic mass is 79.9. The van der Waals surface area contributed by atoms with Crippen molar-refractivity contribution >= 4 is 33.0 Å². The van der Waals surface area contributed by atoms with Crippen LogP contribution in [0, 0.1) is 5.41 Å². The van der Waals surface area contributed by atoms with Gasteiger partial charge < -0.3 is 4.74 Å². The monoisotopic (exact) mass is 344 g/mol. The second-order valence-corrected chi connectivity index (χ2v) is 7.65. The zero-order chi connectivity index (χ0) is 14.1. The number of hydrogen-bond donors (Lipinski definition) is 0. The average Bonchev–Trinajstić information content (AvgIpc) is 2.78. The number of rotatable bonds is 4. The quantitative estimate of drug-likeness (QED) is 0.712. The lowest BCUT2D eigenvalue weighted by Gasteiger charge is -2.42. The molecule has 0 saturated heterocycles. The van der Waals surface area contributed by atoms with E-state index in [2.05, 4.69) is 29.8 Å². The van der Waals surface area contributed by atoms with Crippen LogP contribution in [0.1, 0.15) is 56.8 Å². The van der Waals surface area contributed by atoms with E-state index in [1.807, 2.05) is 17.7 Å². The van der Waals surface area contributed by atoms with Crippen LogP contribution in [0.25, 0.3) is 0 Å². The van der Waals surface area contributed by atoms with Crippen molar-refractivity contribution in [3.05, 3.63) is 20.8 Å². The molecule has 0 radical (unpaired) electrons. The molecule has 1 heterocycles. The molecule has 1 fully saturated rings.